The highest BCUT2D eigenvalue weighted by atomic mass is 32.2. The smallest absolute Gasteiger partial charge is 0.353 e. The summed E-state index contributed by atoms with van der Waals surface area (Å²) in [4.78, 5) is 54.2. The normalized spacial score (nSPS) is 32.2. The van der Waals surface area contributed by atoms with Crippen molar-refractivity contribution in [2.75, 3.05) is 33.2 Å². The van der Waals surface area contributed by atoms with Crippen molar-refractivity contribution in [1.82, 2.24) is 25.8 Å². The van der Waals surface area contributed by atoms with Crippen LogP contribution in [-0.4, -0.2) is 101 Å². The Morgan fingerprint density at radius 2 is 1.97 bits per heavy atom. The van der Waals surface area contributed by atoms with E-state index >= 15 is 0 Å². The molecule has 4 heterocycles. The highest BCUT2D eigenvalue weighted by Gasteiger charge is 2.60. The number of amides is 3. The summed E-state index contributed by atoms with van der Waals surface area (Å²) in [5.41, 5.74) is 6.01. The van der Waals surface area contributed by atoms with Gasteiger partial charge in [-0.2, -0.15) is 0 Å². The third-order valence-corrected chi connectivity index (χ3v) is 9.47. The Morgan fingerprint density at radius 3 is 2.58 bits per heavy atom. The molecule has 11 nitrogen and oxygen atoms in total. The number of aliphatic carboxylic acids is 1. The molecule has 200 valence electrons. The molecule has 3 amide bonds. The summed E-state index contributed by atoms with van der Waals surface area (Å²) in [5, 5.41) is 19.0. The van der Waals surface area contributed by atoms with Crippen molar-refractivity contribution in [1.29, 1.82) is 0 Å². The van der Waals surface area contributed by atoms with E-state index in [2.05, 4.69) is 16.0 Å². The molecule has 0 aromatic heterocycles. The van der Waals surface area contributed by atoms with E-state index in [1.807, 2.05) is 18.7 Å². The molecule has 4 rings (SSSR count). The first-order chi connectivity index (χ1) is 16.9. The number of carbonyl (C=O) groups excluding carboxylic acids is 3. The number of nitrogens with zero attached hydrogens (tertiary/aromatic N) is 2. The quantitative estimate of drug-likeness (QED) is 0.260. The second-order valence-corrected chi connectivity index (χ2v) is 12.2. The number of nitrogens with two attached hydrogens (primary N) is 1. The number of β-lactam (4-membered cyclic amide) rings is 1. The molecule has 0 bridgehead atoms. The highest BCUT2D eigenvalue weighted by molar-refractivity contribution is 8.03. The first-order valence-electron chi connectivity index (χ1n) is 12.7. The number of thioether (sulfide) groups is 1. The van der Waals surface area contributed by atoms with Gasteiger partial charge in [-0.15, -0.1) is 11.8 Å². The molecule has 12 heteroatoms. The Labute approximate surface area is 215 Å². The van der Waals surface area contributed by atoms with Crippen molar-refractivity contribution >= 4 is 35.5 Å². The molecule has 0 aromatic rings. The summed E-state index contributed by atoms with van der Waals surface area (Å²) in [6.45, 7) is 7.78. The van der Waals surface area contributed by atoms with E-state index in [0.717, 1.165) is 12.8 Å². The molecule has 4 aliphatic rings. The summed E-state index contributed by atoms with van der Waals surface area (Å²) in [5.74, 6) is -2.18. The van der Waals surface area contributed by atoms with Crippen LogP contribution < -0.4 is 21.7 Å². The van der Waals surface area contributed by atoms with E-state index in [1.165, 1.54) is 16.7 Å². The molecule has 36 heavy (non-hydrogen) atoms. The summed E-state index contributed by atoms with van der Waals surface area (Å²) in [6, 6.07) is -1.01. The van der Waals surface area contributed by atoms with Gasteiger partial charge >= 0.3 is 5.97 Å². The third-order valence-electron chi connectivity index (χ3n) is 7.96. The number of hydrogen-bond donors (Lipinski definition) is 5. The number of hydrogen-bond acceptors (Lipinski definition) is 8. The van der Waals surface area contributed by atoms with Gasteiger partial charge in [0.1, 0.15) is 5.70 Å². The molecule has 3 fully saturated rings. The Bertz CT molecular complexity index is 961. The lowest BCUT2D eigenvalue weighted by Gasteiger charge is -2.47. The predicted octanol–water partition coefficient (Wildman–Crippen LogP) is -0.713. The zero-order chi connectivity index (χ0) is 26.4. The Kier molecular flexibility index (Phi) is 7.70. The molecule has 0 radical (unpaired) electrons. The molecule has 0 aliphatic carbocycles. The topological polar surface area (TPSA) is 157 Å². The molecule has 0 unspecified atom stereocenters. The zero-order valence-electron chi connectivity index (χ0n) is 21.4. The SMILES string of the molecule is CNCC(=O)N[C@H](C)[C@H]1C(=O)N2C(C(=O)O)=C(S[C@@H]3CN[C@H](C(=O)N4CCC(C)(N)CC4)C3)[C@H](C)[C@H]12. The van der Waals surface area contributed by atoms with E-state index in [0.29, 0.717) is 31.0 Å². The fraction of sp³-hybridized carbons (Fsp3) is 0.750. The van der Waals surface area contributed by atoms with Crippen LogP contribution in [-0.2, 0) is 19.2 Å². The van der Waals surface area contributed by atoms with Crippen molar-refractivity contribution in [2.24, 2.45) is 17.6 Å². The van der Waals surface area contributed by atoms with Crippen LogP contribution in [0, 0.1) is 11.8 Å². The van der Waals surface area contributed by atoms with Gasteiger partial charge in [0.2, 0.25) is 17.7 Å². The van der Waals surface area contributed by atoms with Gasteiger partial charge in [0.05, 0.1) is 24.5 Å². The maximum atomic E-state index is 13.1. The van der Waals surface area contributed by atoms with Gasteiger partial charge in [0, 0.05) is 47.3 Å². The van der Waals surface area contributed by atoms with Crippen molar-refractivity contribution in [3.63, 3.8) is 0 Å². The average Bonchev–Trinajstić information content (AvgIpc) is 3.35. The molecule has 0 saturated carbocycles. The first kappa shape index (κ1) is 26.9. The lowest BCUT2D eigenvalue weighted by molar-refractivity contribution is -0.158. The van der Waals surface area contributed by atoms with Crippen LogP contribution in [0.3, 0.4) is 0 Å². The minimum Gasteiger partial charge on any atom is -0.477 e. The number of fused-ring (bicyclic) bond motifs is 1. The summed E-state index contributed by atoms with van der Waals surface area (Å²) in [6.07, 6.45) is 2.15. The minimum absolute atomic E-state index is 0.0234. The number of nitrogens with one attached hydrogen (secondary N) is 3. The Morgan fingerprint density at radius 1 is 1.31 bits per heavy atom. The highest BCUT2D eigenvalue weighted by Crippen LogP contribution is 2.51. The van der Waals surface area contributed by atoms with Gasteiger partial charge in [-0.3, -0.25) is 14.4 Å². The van der Waals surface area contributed by atoms with Crippen LogP contribution in [0.4, 0.5) is 0 Å². The number of carboxylic acids is 1. The van der Waals surface area contributed by atoms with Gasteiger partial charge in [0.25, 0.3) is 0 Å². The van der Waals surface area contributed by atoms with E-state index in [4.69, 9.17) is 5.73 Å². The molecule has 6 N–H and O–H groups in total. The van der Waals surface area contributed by atoms with E-state index in [-0.39, 0.29) is 58.8 Å². The van der Waals surface area contributed by atoms with Gasteiger partial charge < -0.3 is 36.6 Å². The van der Waals surface area contributed by atoms with E-state index in [9.17, 15) is 24.3 Å². The van der Waals surface area contributed by atoms with Crippen LogP contribution in [0.5, 0.6) is 0 Å². The molecular weight excluding hydrogens is 484 g/mol. The second-order valence-electron chi connectivity index (χ2n) is 10.8. The number of carboxylic acid groups (broad SMARTS) is 1. The summed E-state index contributed by atoms with van der Waals surface area (Å²) < 4.78 is 0. The lowest BCUT2D eigenvalue weighted by atomic mass is 9.78. The molecular formula is C24H38N6O5S. The molecule has 0 spiro atoms. The average molecular weight is 523 g/mol. The number of carbonyl (C=O) groups is 4. The standard InChI is InChI=1S/C24H38N6O5S/c1-12-18-17(13(2)28-16(31)11-26-4)22(33)30(18)19(23(34)35)20(12)36-14-9-15(27-10-14)21(32)29-7-5-24(3,25)6-8-29/h12-15,17-18,26-27H,5-11,25H2,1-4H3,(H,28,31)(H,34,35)/t12-,13-,14+,15+,17-,18-/m1/s1. The maximum absolute atomic E-state index is 13.1. The van der Waals surface area contributed by atoms with Crippen molar-refractivity contribution < 1.29 is 24.3 Å². The lowest BCUT2D eigenvalue weighted by Crippen LogP contribution is -2.66. The van der Waals surface area contributed by atoms with Crippen LogP contribution in [0.25, 0.3) is 0 Å². The number of piperidine rings is 1. The van der Waals surface area contributed by atoms with Gasteiger partial charge in [-0.1, -0.05) is 6.92 Å². The second kappa shape index (κ2) is 10.3. The number of rotatable bonds is 8. The Hall–Kier alpha value is -2.15. The number of likely N-dealkylation sites (tertiary alicyclic amines) is 1. The third kappa shape index (κ3) is 5.00. The fourth-order valence-electron chi connectivity index (χ4n) is 5.87. The van der Waals surface area contributed by atoms with Crippen LogP contribution in [0.15, 0.2) is 10.6 Å². The molecule has 4 aliphatic heterocycles. The zero-order valence-corrected chi connectivity index (χ0v) is 22.2. The molecule has 3 saturated heterocycles. The fourth-order valence-corrected chi connectivity index (χ4v) is 7.35. The van der Waals surface area contributed by atoms with Crippen LogP contribution in [0.2, 0.25) is 0 Å². The van der Waals surface area contributed by atoms with Gasteiger partial charge in [-0.05, 0) is 40.2 Å². The van der Waals surface area contributed by atoms with Crippen LogP contribution >= 0.6 is 11.8 Å². The van der Waals surface area contributed by atoms with Crippen molar-refractivity contribution in [3.8, 4) is 0 Å². The molecule has 0 aromatic carbocycles. The maximum Gasteiger partial charge on any atom is 0.353 e. The van der Waals surface area contributed by atoms with Gasteiger partial charge in [0.15, 0.2) is 0 Å². The number of likely N-dealkylation sites (N-methyl/N-ethyl adjacent to an activating group) is 1. The summed E-state index contributed by atoms with van der Waals surface area (Å²) >= 11 is 1.47. The van der Waals surface area contributed by atoms with Gasteiger partial charge in [-0.25, -0.2) is 4.79 Å². The minimum atomic E-state index is -1.12. The van der Waals surface area contributed by atoms with Crippen molar-refractivity contribution in [3.05, 3.63) is 10.6 Å². The summed E-state index contributed by atoms with van der Waals surface area (Å²) in [7, 11) is 1.67. The van der Waals surface area contributed by atoms with Crippen LogP contribution in [0.1, 0.15) is 40.0 Å². The van der Waals surface area contributed by atoms with E-state index < -0.39 is 17.9 Å². The largest absolute Gasteiger partial charge is 0.477 e. The molecule has 6 atom stereocenters. The first-order valence-corrected chi connectivity index (χ1v) is 13.6. The predicted molar refractivity (Wildman–Crippen MR) is 136 cm³/mol. The van der Waals surface area contributed by atoms with E-state index in [1.54, 1.807) is 14.0 Å². The monoisotopic (exact) mass is 522 g/mol. The Balaban J connectivity index is 1.41. The van der Waals surface area contributed by atoms with Crippen molar-refractivity contribution in [2.45, 2.75) is 68.9 Å².